The number of ether oxygens (including phenoxy) is 1. The quantitative estimate of drug-likeness (QED) is 0.626. The summed E-state index contributed by atoms with van der Waals surface area (Å²) in [5.41, 5.74) is -0.697. The van der Waals surface area contributed by atoms with Crippen molar-refractivity contribution in [3.63, 3.8) is 0 Å². The first-order valence-electron chi connectivity index (χ1n) is 8.15. The highest BCUT2D eigenvalue weighted by Gasteiger charge is 2.37. The van der Waals surface area contributed by atoms with Crippen LogP contribution in [0.2, 0.25) is 0 Å². The third-order valence-corrected chi connectivity index (χ3v) is 3.85. The van der Waals surface area contributed by atoms with Gasteiger partial charge in [-0.1, -0.05) is 0 Å². The van der Waals surface area contributed by atoms with Crippen molar-refractivity contribution in [2.75, 3.05) is 14.1 Å². The van der Waals surface area contributed by atoms with Gasteiger partial charge in [0, 0.05) is 26.1 Å². The molecule has 0 bridgehead atoms. The number of hydrogen-bond acceptors (Lipinski definition) is 5. The highest BCUT2D eigenvalue weighted by molar-refractivity contribution is 6.31. The Kier molecular flexibility index (Phi) is 6.78. The van der Waals surface area contributed by atoms with Crippen molar-refractivity contribution in [2.24, 2.45) is 5.92 Å². The van der Waals surface area contributed by atoms with E-state index in [1.807, 2.05) is 0 Å². The molecule has 0 aliphatic heterocycles. The van der Waals surface area contributed by atoms with Crippen molar-refractivity contribution in [3.8, 4) is 0 Å². The molecule has 1 aliphatic carbocycles. The molecule has 1 fully saturated rings. The van der Waals surface area contributed by atoms with Crippen LogP contribution in [0, 0.1) is 5.92 Å². The van der Waals surface area contributed by atoms with Gasteiger partial charge in [0.1, 0.15) is 5.60 Å². The number of carboxylic acid groups (broad SMARTS) is 1. The van der Waals surface area contributed by atoms with Crippen LogP contribution in [0.5, 0.6) is 0 Å². The molecule has 25 heavy (non-hydrogen) atoms. The monoisotopic (exact) mass is 357 g/mol. The van der Waals surface area contributed by atoms with Crippen LogP contribution >= 0.6 is 0 Å². The number of rotatable bonds is 3. The molecule has 9 heteroatoms. The zero-order chi connectivity index (χ0) is 19.4. The van der Waals surface area contributed by atoms with Gasteiger partial charge in [-0.3, -0.25) is 9.59 Å². The average molecular weight is 357 g/mol. The number of carbonyl (C=O) groups is 4. The normalized spacial score (nSPS) is 23.3. The fraction of sp³-hybridized carbons (Fsp3) is 0.750. The maximum atomic E-state index is 12.2. The Morgan fingerprint density at radius 1 is 1.04 bits per heavy atom. The molecule has 142 valence electrons. The number of nitrogens with zero attached hydrogens (tertiary/aromatic N) is 1. The maximum Gasteiger partial charge on any atom is 0.407 e. The van der Waals surface area contributed by atoms with Gasteiger partial charge >= 0.3 is 18.0 Å². The molecule has 0 aromatic heterocycles. The molecular formula is C16H27N3O6. The van der Waals surface area contributed by atoms with Gasteiger partial charge in [-0.05, 0) is 40.0 Å². The number of nitrogens with one attached hydrogen (secondary N) is 2. The van der Waals surface area contributed by atoms with Crippen LogP contribution in [0.25, 0.3) is 0 Å². The van der Waals surface area contributed by atoms with E-state index < -0.39 is 35.7 Å². The van der Waals surface area contributed by atoms with Crippen LogP contribution in [0.3, 0.4) is 0 Å². The number of hydrogen-bond donors (Lipinski definition) is 3. The largest absolute Gasteiger partial charge is 0.474 e. The van der Waals surface area contributed by atoms with Crippen LogP contribution in [0.4, 0.5) is 4.79 Å². The molecule has 1 rings (SSSR count). The van der Waals surface area contributed by atoms with Gasteiger partial charge in [-0.25, -0.2) is 9.59 Å². The van der Waals surface area contributed by atoms with Crippen LogP contribution in [-0.4, -0.2) is 65.7 Å². The lowest BCUT2D eigenvalue weighted by Gasteiger charge is -2.37. The van der Waals surface area contributed by atoms with Crippen LogP contribution in [-0.2, 0) is 19.1 Å². The van der Waals surface area contributed by atoms with Crippen molar-refractivity contribution in [2.45, 2.75) is 57.7 Å². The molecule has 3 N–H and O–H groups in total. The van der Waals surface area contributed by atoms with E-state index in [-0.39, 0.29) is 11.8 Å². The summed E-state index contributed by atoms with van der Waals surface area (Å²) in [6.07, 6.45) is 0.489. The fourth-order valence-electron chi connectivity index (χ4n) is 2.78. The first kappa shape index (κ1) is 20.7. The predicted octanol–water partition coefficient (Wildman–Crippen LogP) is 0.337. The zero-order valence-electron chi connectivity index (χ0n) is 15.3. The Bertz CT molecular complexity index is 540. The summed E-state index contributed by atoms with van der Waals surface area (Å²) in [6.45, 7) is 5.15. The molecule has 3 unspecified atom stereocenters. The second kappa shape index (κ2) is 8.17. The van der Waals surface area contributed by atoms with E-state index in [0.717, 1.165) is 0 Å². The average Bonchev–Trinajstić information content (AvgIpc) is 2.45. The Morgan fingerprint density at radius 2 is 1.64 bits per heavy atom. The van der Waals surface area contributed by atoms with E-state index >= 15 is 0 Å². The molecule has 0 aromatic rings. The summed E-state index contributed by atoms with van der Waals surface area (Å²) in [5.74, 6) is -3.12. The molecule has 0 radical (unpaired) electrons. The van der Waals surface area contributed by atoms with Crippen molar-refractivity contribution >= 4 is 23.9 Å². The minimum absolute atomic E-state index is 0.0704. The summed E-state index contributed by atoms with van der Waals surface area (Å²) < 4.78 is 5.21. The summed E-state index contributed by atoms with van der Waals surface area (Å²) in [5, 5.41) is 13.8. The van der Waals surface area contributed by atoms with Crippen molar-refractivity contribution in [3.05, 3.63) is 0 Å². The second-order valence-electron chi connectivity index (χ2n) is 7.38. The predicted molar refractivity (Wildman–Crippen MR) is 88.8 cm³/mol. The molecule has 0 saturated heterocycles. The SMILES string of the molecule is CN(C)C(=O)C1CCC(NC(=O)C(=O)O)C(NC(=O)OC(C)(C)C)C1. The number of carbonyl (C=O) groups excluding carboxylic acids is 3. The number of alkyl carbamates (subject to hydrolysis) is 1. The molecule has 3 atom stereocenters. The van der Waals surface area contributed by atoms with Crippen molar-refractivity contribution < 1.29 is 29.0 Å². The molecule has 0 spiro atoms. The lowest BCUT2D eigenvalue weighted by molar-refractivity contribution is -0.150. The lowest BCUT2D eigenvalue weighted by atomic mass is 9.81. The van der Waals surface area contributed by atoms with E-state index in [9.17, 15) is 19.2 Å². The molecule has 9 nitrogen and oxygen atoms in total. The number of aliphatic carboxylic acids is 1. The van der Waals surface area contributed by atoms with E-state index in [2.05, 4.69) is 10.6 Å². The zero-order valence-corrected chi connectivity index (χ0v) is 15.3. The fourth-order valence-corrected chi connectivity index (χ4v) is 2.78. The Labute approximate surface area is 147 Å². The first-order chi connectivity index (χ1) is 11.4. The minimum Gasteiger partial charge on any atom is -0.474 e. The standard InChI is InChI=1S/C16H27N3O6/c1-16(2,3)25-15(24)18-11-8-9(13(21)19(4)5)6-7-10(11)17-12(20)14(22)23/h9-11H,6-8H2,1-5H3,(H,17,20)(H,18,24)(H,22,23). The highest BCUT2D eigenvalue weighted by atomic mass is 16.6. The summed E-state index contributed by atoms with van der Waals surface area (Å²) in [7, 11) is 3.30. The Hall–Kier alpha value is -2.32. The van der Waals surface area contributed by atoms with E-state index in [1.165, 1.54) is 4.90 Å². The Morgan fingerprint density at radius 3 is 2.12 bits per heavy atom. The third-order valence-electron chi connectivity index (χ3n) is 3.85. The molecule has 1 saturated carbocycles. The Balaban J connectivity index is 2.85. The van der Waals surface area contributed by atoms with Gasteiger partial charge in [-0.15, -0.1) is 0 Å². The van der Waals surface area contributed by atoms with Gasteiger partial charge in [0.2, 0.25) is 5.91 Å². The van der Waals surface area contributed by atoms with Gasteiger partial charge in [0.25, 0.3) is 0 Å². The van der Waals surface area contributed by atoms with E-state index in [0.29, 0.717) is 19.3 Å². The first-order valence-corrected chi connectivity index (χ1v) is 8.15. The molecule has 3 amide bonds. The van der Waals surface area contributed by atoms with Crippen molar-refractivity contribution in [1.82, 2.24) is 15.5 Å². The lowest BCUT2D eigenvalue weighted by Crippen LogP contribution is -2.57. The smallest absolute Gasteiger partial charge is 0.407 e. The summed E-state index contributed by atoms with van der Waals surface area (Å²) >= 11 is 0. The van der Waals surface area contributed by atoms with Crippen LogP contribution in [0.1, 0.15) is 40.0 Å². The summed E-state index contributed by atoms with van der Waals surface area (Å²) in [4.78, 5) is 47.9. The highest BCUT2D eigenvalue weighted by Crippen LogP contribution is 2.26. The topological polar surface area (TPSA) is 125 Å². The van der Waals surface area contributed by atoms with Gasteiger partial charge in [-0.2, -0.15) is 0 Å². The second-order valence-corrected chi connectivity index (χ2v) is 7.38. The summed E-state index contributed by atoms with van der Waals surface area (Å²) in [6, 6.07) is -1.18. The van der Waals surface area contributed by atoms with Gasteiger partial charge < -0.3 is 25.4 Å². The molecule has 1 aliphatic rings. The van der Waals surface area contributed by atoms with Gasteiger partial charge in [0.05, 0.1) is 6.04 Å². The maximum absolute atomic E-state index is 12.2. The van der Waals surface area contributed by atoms with Crippen LogP contribution in [0.15, 0.2) is 0 Å². The van der Waals surface area contributed by atoms with Crippen molar-refractivity contribution in [1.29, 1.82) is 0 Å². The minimum atomic E-state index is -1.59. The van der Waals surface area contributed by atoms with Crippen LogP contribution < -0.4 is 10.6 Å². The van der Waals surface area contributed by atoms with Gasteiger partial charge in [0.15, 0.2) is 0 Å². The molecule has 0 heterocycles. The molecule has 0 aromatic carbocycles. The van der Waals surface area contributed by atoms with E-state index in [1.54, 1.807) is 34.9 Å². The third kappa shape index (κ3) is 6.60. The number of amides is 3. The van der Waals surface area contributed by atoms with E-state index in [4.69, 9.17) is 9.84 Å². The molecular weight excluding hydrogens is 330 g/mol. The number of carboxylic acids is 1.